The zero-order valence-electron chi connectivity index (χ0n) is 13.0. The lowest BCUT2D eigenvalue weighted by atomic mass is 10.1. The molecular weight excluding hydrogens is 340 g/mol. The van der Waals surface area contributed by atoms with Gasteiger partial charge in [-0.05, 0) is 24.6 Å². The van der Waals surface area contributed by atoms with Crippen LogP contribution in [0.3, 0.4) is 0 Å². The largest absolute Gasteiger partial charge is 0.345 e. The molecule has 0 fully saturated rings. The number of halogens is 1. The normalized spacial score (nSPS) is 13.4. The van der Waals surface area contributed by atoms with Crippen molar-refractivity contribution in [2.24, 2.45) is 0 Å². The smallest absolute Gasteiger partial charge is 0.275 e. The fourth-order valence-electron chi connectivity index (χ4n) is 2.40. The number of likely N-dealkylation sites (N-methyl/N-ethyl adjacent to an activating group) is 1. The number of rotatable bonds is 6. The van der Waals surface area contributed by atoms with E-state index >= 15 is 0 Å². The molecule has 0 bridgehead atoms. The maximum Gasteiger partial charge on any atom is 0.275 e. The van der Waals surface area contributed by atoms with Gasteiger partial charge >= 0.3 is 0 Å². The molecule has 1 amide bonds. The molecule has 2 aromatic carbocycles. The Labute approximate surface area is 140 Å². The summed E-state index contributed by atoms with van der Waals surface area (Å²) in [6.07, 6.45) is 0. The van der Waals surface area contributed by atoms with Crippen molar-refractivity contribution < 1.29 is 9.69 Å². The van der Waals surface area contributed by atoms with E-state index in [9.17, 15) is 4.79 Å². The predicted octanol–water partition coefficient (Wildman–Crippen LogP) is 2.34. The van der Waals surface area contributed by atoms with Crippen molar-refractivity contribution in [1.29, 1.82) is 0 Å². The molecule has 0 aliphatic carbocycles. The van der Waals surface area contributed by atoms with E-state index in [0.29, 0.717) is 6.54 Å². The van der Waals surface area contributed by atoms with Gasteiger partial charge in [0.15, 0.2) is 6.54 Å². The number of hydrogen-bond acceptors (Lipinski definition) is 1. The summed E-state index contributed by atoms with van der Waals surface area (Å²) in [4.78, 5) is 13.3. The lowest BCUT2D eigenvalue weighted by Gasteiger charge is -2.17. The highest BCUT2D eigenvalue weighted by atomic mass is 79.9. The fraction of sp³-hybridized carbons (Fsp3) is 0.278. The van der Waals surface area contributed by atoms with Crippen LogP contribution in [0.4, 0.5) is 0 Å². The standard InChI is InChI=1S/C18H21BrN2O/c1-14(16-6-4-3-5-7-16)20-18(22)13-21(2)12-15-8-10-17(19)11-9-15/h3-11,14H,12-13H2,1-2H3,(H,20,22)/p+1/t14-/m1/s1. The van der Waals surface area contributed by atoms with Gasteiger partial charge in [0.05, 0.1) is 13.1 Å². The Hall–Kier alpha value is -1.65. The third kappa shape index (κ3) is 5.28. The lowest BCUT2D eigenvalue weighted by molar-refractivity contribution is -0.885. The van der Waals surface area contributed by atoms with Crippen LogP contribution < -0.4 is 10.2 Å². The maximum atomic E-state index is 12.1. The van der Waals surface area contributed by atoms with E-state index in [2.05, 4.69) is 33.4 Å². The molecule has 0 aliphatic rings. The van der Waals surface area contributed by atoms with Crippen molar-refractivity contribution in [3.05, 3.63) is 70.2 Å². The summed E-state index contributed by atoms with van der Waals surface area (Å²) in [6, 6.07) is 18.3. The van der Waals surface area contributed by atoms with Gasteiger partial charge < -0.3 is 10.2 Å². The minimum Gasteiger partial charge on any atom is -0.345 e. The zero-order valence-corrected chi connectivity index (χ0v) is 14.6. The van der Waals surface area contributed by atoms with Crippen molar-refractivity contribution in [3.63, 3.8) is 0 Å². The lowest BCUT2D eigenvalue weighted by Crippen LogP contribution is -3.08. The Kier molecular flexibility index (Phi) is 6.16. The Bertz CT molecular complexity index is 598. The summed E-state index contributed by atoms with van der Waals surface area (Å²) in [6.45, 7) is 3.31. The minimum absolute atomic E-state index is 0.0363. The predicted molar refractivity (Wildman–Crippen MR) is 92.6 cm³/mol. The van der Waals surface area contributed by atoms with E-state index in [1.54, 1.807) is 0 Å². The van der Waals surface area contributed by atoms with Crippen molar-refractivity contribution in [1.82, 2.24) is 5.32 Å². The van der Waals surface area contributed by atoms with Crippen molar-refractivity contribution in [2.45, 2.75) is 19.5 Å². The number of quaternary nitrogens is 1. The third-order valence-corrected chi connectivity index (χ3v) is 4.09. The summed E-state index contributed by atoms with van der Waals surface area (Å²) in [5.74, 6) is 0.0750. The third-order valence-electron chi connectivity index (χ3n) is 3.56. The highest BCUT2D eigenvalue weighted by Gasteiger charge is 2.14. The van der Waals surface area contributed by atoms with Crippen LogP contribution in [0.25, 0.3) is 0 Å². The molecule has 1 unspecified atom stereocenters. The second-order valence-corrected chi connectivity index (χ2v) is 6.55. The summed E-state index contributed by atoms with van der Waals surface area (Å²) in [5.41, 5.74) is 2.35. The molecule has 4 heteroatoms. The second kappa shape index (κ2) is 8.11. The van der Waals surface area contributed by atoms with Crippen LogP contribution in [0.5, 0.6) is 0 Å². The topological polar surface area (TPSA) is 33.5 Å². The van der Waals surface area contributed by atoms with Crippen molar-refractivity contribution in [3.8, 4) is 0 Å². The molecule has 2 aromatic rings. The molecule has 0 spiro atoms. The number of carbonyl (C=O) groups is 1. The quantitative estimate of drug-likeness (QED) is 0.813. The van der Waals surface area contributed by atoms with Gasteiger partial charge in [-0.1, -0.05) is 58.4 Å². The number of carbonyl (C=O) groups excluding carboxylic acids is 1. The van der Waals surface area contributed by atoms with Gasteiger partial charge in [-0.3, -0.25) is 4.79 Å². The van der Waals surface area contributed by atoms with E-state index in [4.69, 9.17) is 0 Å². The van der Waals surface area contributed by atoms with E-state index in [1.807, 2.05) is 56.4 Å². The van der Waals surface area contributed by atoms with Crippen molar-refractivity contribution in [2.75, 3.05) is 13.6 Å². The second-order valence-electron chi connectivity index (χ2n) is 5.64. The van der Waals surface area contributed by atoms with E-state index in [1.165, 1.54) is 10.5 Å². The van der Waals surface area contributed by atoms with Crippen LogP contribution in [-0.4, -0.2) is 19.5 Å². The molecule has 0 radical (unpaired) electrons. The average Bonchev–Trinajstić information content (AvgIpc) is 2.50. The van der Waals surface area contributed by atoms with Gasteiger partial charge in [-0.25, -0.2) is 0 Å². The van der Waals surface area contributed by atoms with Gasteiger partial charge in [-0.2, -0.15) is 0 Å². The molecule has 0 saturated heterocycles. The van der Waals surface area contributed by atoms with Crippen molar-refractivity contribution >= 4 is 21.8 Å². The van der Waals surface area contributed by atoms with Crippen LogP contribution in [0, 0.1) is 0 Å². The number of amides is 1. The van der Waals surface area contributed by atoms with E-state index < -0.39 is 0 Å². The van der Waals surface area contributed by atoms with Crippen LogP contribution in [0.15, 0.2) is 59.1 Å². The first-order valence-corrected chi connectivity index (χ1v) is 8.24. The first-order chi connectivity index (χ1) is 10.5. The molecule has 2 atom stereocenters. The fourth-order valence-corrected chi connectivity index (χ4v) is 2.67. The maximum absolute atomic E-state index is 12.1. The van der Waals surface area contributed by atoms with Crippen LogP contribution in [-0.2, 0) is 11.3 Å². The Morgan fingerprint density at radius 1 is 1.14 bits per heavy atom. The van der Waals surface area contributed by atoms with Crippen LogP contribution >= 0.6 is 15.9 Å². The molecule has 3 nitrogen and oxygen atoms in total. The van der Waals surface area contributed by atoms with Crippen LogP contribution in [0.2, 0.25) is 0 Å². The molecular formula is C18H22BrN2O+. The molecule has 2 N–H and O–H groups in total. The summed E-state index contributed by atoms with van der Waals surface area (Å²) in [7, 11) is 2.04. The monoisotopic (exact) mass is 361 g/mol. The van der Waals surface area contributed by atoms with Gasteiger partial charge in [0, 0.05) is 10.0 Å². The Balaban J connectivity index is 1.82. The summed E-state index contributed by atoms with van der Waals surface area (Å²) in [5, 5.41) is 3.05. The van der Waals surface area contributed by atoms with Gasteiger partial charge in [0.25, 0.3) is 5.91 Å². The highest BCUT2D eigenvalue weighted by Crippen LogP contribution is 2.11. The molecule has 0 heterocycles. The highest BCUT2D eigenvalue weighted by molar-refractivity contribution is 9.10. The number of nitrogens with one attached hydrogen (secondary N) is 2. The molecule has 0 aromatic heterocycles. The molecule has 0 aliphatic heterocycles. The molecule has 22 heavy (non-hydrogen) atoms. The van der Waals surface area contributed by atoms with E-state index in [0.717, 1.165) is 16.6 Å². The number of benzene rings is 2. The average molecular weight is 362 g/mol. The van der Waals surface area contributed by atoms with E-state index in [-0.39, 0.29) is 11.9 Å². The first kappa shape index (κ1) is 16.7. The zero-order chi connectivity index (χ0) is 15.9. The number of hydrogen-bond donors (Lipinski definition) is 2. The molecule has 2 rings (SSSR count). The Morgan fingerprint density at radius 3 is 2.41 bits per heavy atom. The molecule has 0 saturated carbocycles. The summed E-state index contributed by atoms with van der Waals surface area (Å²) < 4.78 is 1.07. The van der Waals surface area contributed by atoms with Crippen LogP contribution in [0.1, 0.15) is 24.1 Å². The van der Waals surface area contributed by atoms with Gasteiger partial charge in [-0.15, -0.1) is 0 Å². The first-order valence-electron chi connectivity index (χ1n) is 7.44. The SMILES string of the molecule is C[C@@H](NC(=O)C[NH+](C)Cc1ccc(Br)cc1)c1ccccc1. The van der Waals surface area contributed by atoms with Gasteiger partial charge in [0.1, 0.15) is 6.54 Å². The Morgan fingerprint density at radius 2 is 1.77 bits per heavy atom. The minimum atomic E-state index is 0.0363. The molecule has 116 valence electrons. The van der Waals surface area contributed by atoms with Gasteiger partial charge in [0.2, 0.25) is 0 Å². The summed E-state index contributed by atoms with van der Waals surface area (Å²) >= 11 is 3.43.